The summed E-state index contributed by atoms with van der Waals surface area (Å²) in [6.45, 7) is 0. The molecule has 3 N–H and O–H groups in total. The van der Waals surface area contributed by atoms with Crippen molar-refractivity contribution < 1.29 is 13.2 Å². The second-order valence-corrected chi connectivity index (χ2v) is 6.32. The molecule has 5 nitrogen and oxygen atoms in total. The lowest BCUT2D eigenvalue weighted by Crippen LogP contribution is -2.14. The SMILES string of the molecule is NS(=O)(=O)c1ccc(NC(=O)CC2CC2)cc1Cl. The maximum absolute atomic E-state index is 11.6. The highest BCUT2D eigenvalue weighted by Gasteiger charge is 2.24. The zero-order valence-electron chi connectivity index (χ0n) is 9.52. The molecule has 1 aromatic rings. The number of anilines is 1. The van der Waals surface area contributed by atoms with E-state index in [-0.39, 0.29) is 15.8 Å². The molecular weight excluding hydrogens is 276 g/mol. The molecule has 0 heterocycles. The van der Waals surface area contributed by atoms with Gasteiger partial charge in [0.15, 0.2) is 0 Å². The Morgan fingerprint density at radius 1 is 1.44 bits per heavy atom. The first-order valence-electron chi connectivity index (χ1n) is 5.48. The van der Waals surface area contributed by atoms with Crippen LogP contribution in [0.15, 0.2) is 23.1 Å². The molecule has 7 heteroatoms. The fourth-order valence-corrected chi connectivity index (χ4v) is 2.70. The van der Waals surface area contributed by atoms with Crippen molar-refractivity contribution in [1.29, 1.82) is 0 Å². The molecule has 0 aliphatic heterocycles. The van der Waals surface area contributed by atoms with Crippen LogP contribution in [0.5, 0.6) is 0 Å². The van der Waals surface area contributed by atoms with Crippen LogP contribution in [-0.4, -0.2) is 14.3 Å². The first-order chi connectivity index (χ1) is 8.36. The smallest absolute Gasteiger partial charge is 0.239 e. The summed E-state index contributed by atoms with van der Waals surface area (Å²) in [4.78, 5) is 11.4. The van der Waals surface area contributed by atoms with Crippen LogP contribution in [0.4, 0.5) is 5.69 Å². The highest BCUT2D eigenvalue weighted by molar-refractivity contribution is 7.89. The largest absolute Gasteiger partial charge is 0.326 e. The van der Waals surface area contributed by atoms with Crippen LogP contribution in [0.2, 0.25) is 5.02 Å². The van der Waals surface area contributed by atoms with Gasteiger partial charge in [-0.1, -0.05) is 11.6 Å². The molecule has 1 fully saturated rings. The molecule has 0 unspecified atom stereocenters. The predicted octanol–water partition coefficient (Wildman–Crippen LogP) is 1.73. The van der Waals surface area contributed by atoms with Crippen molar-refractivity contribution in [1.82, 2.24) is 0 Å². The van der Waals surface area contributed by atoms with E-state index in [0.29, 0.717) is 18.0 Å². The number of amides is 1. The Morgan fingerprint density at radius 2 is 2.11 bits per heavy atom. The summed E-state index contributed by atoms with van der Waals surface area (Å²) in [5.74, 6) is 0.404. The van der Waals surface area contributed by atoms with Crippen molar-refractivity contribution in [2.45, 2.75) is 24.2 Å². The van der Waals surface area contributed by atoms with Gasteiger partial charge in [0.05, 0.1) is 5.02 Å². The van der Waals surface area contributed by atoms with E-state index >= 15 is 0 Å². The Morgan fingerprint density at radius 3 is 2.61 bits per heavy atom. The van der Waals surface area contributed by atoms with Crippen LogP contribution in [0.25, 0.3) is 0 Å². The lowest BCUT2D eigenvalue weighted by atomic mass is 10.2. The van der Waals surface area contributed by atoms with Gasteiger partial charge in [0.2, 0.25) is 15.9 Å². The molecule has 1 aliphatic rings. The Hall–Kier alpha value is -1.11. The van der Waals surface area contributed by atoms with Crippen molar-refractivity contribution in [3.63, 3.8) is 0 Å². The summed E-state index contributed by atoms with van der Waals surface area (Å²) < 4.78 is 22.3. The van der Waals surface area contributed by atoms with Gasteiger partial charge in [0.25, 0.3) is 0 Å². The van der Waals surface area contributed by atoms with Gasteiger partial charge < -0.3 is 5.32 Å². The molecule has 2 rings (SSSR count). The number of sulfonamides is 1. The lowest BCUT2D eigenvalue weighted by Gasteiger charge is -2.07. The molecule has 1 saturated carbocycles. The average Bonchev–Trinajstić information content (AvgIpc) is 2.99. The molecule has 0 bridgehead atoms. The monoisotopic (exact) mass is 288 g/mol. The maximum Gasteiger partial charge on any atom is 0.239 e. The number of hydrogen-bond acceptors (Lipinski definition) is 3. The zero-order valence-corrected chi connectivity index (χ0v) is 11.1. The van der Waals surface area contributed by atoms with Crippen LogP contribution >= 0.6 is 11.6 Å². The Kier molecular flexibility index (Phi) is 3.61. The van der Waals surface area contributed by atoms with Gasteiger partial charge in [-0.2, -0.15) is 0 Å². The van der Waals surface area contributed by atoms with Crippen molar-refractivity contribution in [3.8, 4) is 0 Å². The first kappa shape index (κ1) is 13.3. The number of carbonyl (C=O) groups excluding carboxylic acids is 1. The van der Waals surface area contributed by atoms with Gasteiger partial charge in [-0.3, -0.25) is 4.79 Å². The summed E-state index contributed by atoms with van der Waals surface area (Å²) in [7, 11) is -3.83. The van der Waals surface area contributed by atoms with Crippen LogP contribution in [0, 0.1) is 5.92 Å². The fourth-order valence-electron chi connectivity index (χ4n) is 1.61. The second-order valence-electron chi connectivity index (χ2n) is 4.39. The van der Waals surface area contributed by atoms with Gasteiger partial charge in [0, 0.05) is 12.1 Å². The van der Waals surface area contributed by atoms with E-state index in [9.17, 15) is 13.2 Å². The van der Waals surface area contributed by atoms with E-state index < -0.39 is 10.0 Å². The molecule has 1 aromatic carbocycles. The number of nitrogens with one attached hydrogen (secondary N) is 1. The van der Waals surface area contributed by atoms with E-state index in [1.807, 2.05) is 0 Å². The van der Waals surface area contributed by atoms with Gasteiger partial charge in [-0.05, 0) is 37.0 Å². The molecule has 18 heavy (non-hydrogen) atoms. The van der Waals surface area contributed by atoms with Gasteiger partial charge in [0.1, 0.15) is 4.90 Å². The Balaban J connectivity index is 2.10. The molecule has 1 aliphatic carbocycles. The van der Waals surface area contributed by atoms with Crippen LogP contribution in [-0.2, 0) is 14.8 Å². The fraction of sp³-hybridized carbons (Fsp3) is 0.364. The first-order valence-corrected chi connectivity index (χ1v) is 7.41. The topological polar surface area (TPSA) is 89.3 Å². The Bertz CT molecular complexity index is 582. The molecule has 0 aromatic heterocycles. The number of halogens is 1. The minimum Gasteiger partial charge on any atom is -0.326 e. The number of nitrogens with two attached hydrogens (primary N) is 1. The van der Waals surface area contributed by atoms with Crippen molar-refractivity contribution in [3.05, 3.63) is 23.2 Å². The normalized spacial score (nSPS) is 15.4. The minimum atomic E-state index is -3.83. The summed E-state index contributed by atoms with van der Waals surface area (Å²) in [5.41, 5.74) is 0.470. The van der Waals surface area contributed by atoms with E-state index in [2.05, 4.69) is 5.32 Å². The highest BCUT2D eigenvalue weighted by Crippen LogP contribution is 2.32. The third-order valence-electron chi connectivity index (χ3n) is 2.69. The van der Waals surface area contributed by atoms with Crippen molar-refractivity contribution >= 4 is 33.2 Å². The minimum absolute atomic E-state index is 0.00159. The van der Waals surface area contributed by atoms with Crippen LogP contribution in [0.3, 0.4) is 0 Å². The number of benzene rings is 1. The van der Waals surface area contributed by atoms with Gasteiger partial charge in [-0.15, -0.1) is 0 Å². The van der Waals surface area contributed by atoms with Crippen molar-refractivity contribution in [2.75, 3.05) is 5.32 Å². The third-order valence-corrected chi connectivity index (χ3v) is 4.09. The van der Waals surface area contributed by atoms with E-state index in [1.54, 1.807) is 0 Å². The number of primary sulfonamides is 1. The lowest BCUT2D eigenvalue weighted by molar-refractivity contribution is -0.116. The highest BCUT2D eigenvalue weighted by atomic mass is 35.5. The molecule has 0 radical (unpaired) electrons. The predicted molar refractivity (Wildman–Crippen MR) is 68.8 cm³/mol. The number of rotatable bonds is 4. The second kappa shape index (κ2) is 4.87. The standard InChI is InChI=1S/C11H13ClN2O3S/c12-9-6-8(3-4-10(9)18(13,16)17)14-11(15)5-7-1-2-7/h3-4,6-7H,1-2,5H2,(H,14,15)(H2,13,16,17). The number of hydrogen-bond donors (Lipinski definition) is 2. The van der Waals surface area contributed by atoms with Crippen molar-refractivity contribution in [2.24, 2.45) is 11.1 Å². The molecule has 0 atom stereocenters. The summed E-state index contributed by atoms with van der Waals surface area (Å²) >= 11 is 5.81. The summed E-state index contributed by atoms with van der Waals surface area (Å²) in [5, 5.41) is 7.66. The molecule has 98 valence electrons. The zero-order chi connectivity index (χ0) is 13.3. The maximum atomic E-state index is 11.6. The summed E-state index contributed by atoms with van der Waals surface area (Å²) in [6, 6.07) is 4.13. The quantitative estimate of drug-likeness (QED) is 0.884. The number of carbonyl (C=O) groups is 1. The molecule has 1 amide bonds. The average molecular weight is 289 g/mol. The third kappa shape index (κ3) is 3.44. The molecule has 0 saturated heterocycles. The molecular formula is C11H13ClN2O3S. The van der Waals surface area contributed by atoms with Gasteiger partial charge >= 0.3 is 0 Å². The Labute approximate surface area is 110 Å². The van der Waals surface area contributed by atoms with E-state index in [4.69, 9.17) is 16.7 Å². The van der Waals surface area contributed by atoms with Gasteiger partial charge in [-0.25, -0.2) is 13.6 Å². The summed E-state index contributed by atoms with van der Waals surface area (Å²) in [6.07, 6.45) is 2.69. The van der Waals surface area contributed by atoms with Crippen LogP contribution in [0.1, 0.15) is 19.3 Å². The van der Waals surface area contributed by atoms with Crippen LogP contribution < -0.4 is 10.5 Å². The van der Waals surface area contributed by atoms with E-state index in [1.165, 1.54) is 18.2 Å². The van der Waals surface area contributed by atoms with E-state index in [0.717, 1.165) is 12.8 Å². The molecule has 0 spiro atoms.